The molecule has 0 spiro atoms. The first-order chi connectivity index (χ1) is 9.82. The van der Waals surface area contributed by atoms with Crippen LogP contribution in [0.2, 0.25) is 0 Å². The third-order valence-corrected chi connectivity index (χ3v) is 3.81. The van der Waals surface area contributed by atoms with Gasteiger partial charge in [-0.25, -0.2) is 4.79 Å². The number of carbonyl (C=O) groups is 3. The number of hydrogen-bond donors (Lipinski definition) is 2. The molecule has 2 heterocycles. The van der Waals surface area contributed by atoms with Gasteiger partial charge in [-0.2, -0.15) is 5.10 Å². The monoisotopic (exact) mass is 293 g/mol. The van der Waals surface area contributed by atoms with Crippen LogP contribution >= 0.6 is 0 Å². The second kappa shape index (κ2) is 5.55. The Morgan fingerprint density at radius 3 is 2.57 bits per heavy atom. The number of rotatable bonds is 4. The molecule has 0 saturated carbocycles. The van der Waals surface area contributed by atoms with E-state index in [0.29, 0.717) is 0 Å². The molecule has 0 aromatic carbocycles. The minimum Gasteiger partial charge on any atom is -0.337 e. The molecule has 1 unspecified atom stereocenters. The van der Waals surface area contributed by atoms with E-state index >= 15 is 0 Å². The first kappa shape index (κ1) is 15.0. The average Bonchev–Trinajstić information content (AvgIpc) is 2.93. The molecule has 1 atom stereocenters. The normalized spacial score (nSPS) is 16.1. The Hall–Kier alpha value is -2.38. The molecule has 0 bridgehead atoms. The van der Waals surface area contributed by atoms with Gasteiger partial charge in [0, 0.05) is 18.3 Å². The summed E-state index contributed by atoms with van der Waals surface area (Å²) in [5.41, 5.74) is 2.67. The van der Waals surface area contributed by atoms with Gasteiger partial charge in [-0.1, -0.05) is 0 Å². The predicted octanol–water partition coefficient (Wildman–Crippen LogP) is 0.0977. The summed E-state index contributed by atoms with van der Waals surface area (Å²) >= 11 is 0. The van der Waals surface area contributed by atoms with Crippen molar-refractivity contribution < 1.29 is 14.4 Å². The highest BCUT2D eigenvalue weighted by Gasteiger charge is 2.32. The largest absolute Gasteiger partial charge is 0.337 e. The summed E-state index contributed by atoms with van der Waals surface area (Å²) in [5, 5.41) is 9.39. The zero-order valence-electron chi connectivity index (χ0n) is 12.6. The van der Waals surface area contributed by atoms with Crippen LogP contribution in [0.5, 0.6) is 0 Å². The third kappa shape index (κ3) is 2.74. The number of imide groups is 1. The summed E-state index contributed by atoms with van der Waals surface area (Å²) < 4.78 is 0. The van der Waals surface area contributed by atoms with Crippen LogP contribution in [0.15, 0.2) is 0 Å². The molecular formula is C13H19N5O3. The molecule has 8 heteroatoms. The Bertz CT molecular complexity index is 559. The summed E-state index contributed by atoms with van der Waals surface area (Å²) in [5.74, 6) is -0.682. The van der Waals surface area contributed by atoms with Gasteiger partial charge in [-0.05, 0) is 20.8 Å². The van der Waals surface area contributed by atoms with Crippen LogP contribution < -0.4 is 5.32 Å². The lowest BCUT2D eigenvalue weighted by Gasteiger charge is -2.26. The van der Waals surface area contributed by atoms with E-state index in [4.69, 9.17) is 0 Å². The highest BCUT2D eigenvalue weighted by atomic mass is 16.2. The van der Waals surface area contributed by atoms with Gasteiger partial charge in [0.25, 0.3) is 5.91 Å². The molecule has 1 aliphatic rings. The van der Waals surface area contributed by atoms with Gasteiger partial charge in [0.05, 0.1) is 18.3 Å². The van der Waals surface area contributed by atoms with Crippen molar-refractivity contribution in [3.05, 3.63) is 17.0 Å². The highest BCUT2D eigenvalue weighted by molar-refractivity contribution is 6.04. The lowest BCUT2D eigenvalue weighted by Crippen LogP contribution is -2.42. The van der Waals surface area contributed by atoms with E-state index < -0.39 is 6.03 Å². The lowest BCUT2D eigenvalue weighted by molar-refractivity contribution is -0.136. The van der Waals surface area contributed by atoms with Crippen LogP contribution in [-0.2, 0) is 9.59 Å². The summed E-state index contributed by atoms with van der Waals surface area (Å²) in [6.45, 7) is 5.34. The molecule has 4 amide bonds. The third-order valence-electron chi connectivity index (χ3n) is 3.81. The van der Waals surface area contributed by atoms with Crippen molar-refractivity contribution in [3.8, 4) is 0 Å². The van der Waals surface area contributed by atoms with Crippen molar-refractivity contribution >= 4 is 17.8 Å². The predicted molar refractivity (Wildman–Crippen MR) is 74.4 cm³/mol. The highest BCUT2D eigenvalue weighted by Crippen LogP contribution is 2.24. The first-order valence-electron chi connectivity index (χ1n) is 6.68. The molecule has 1 fully saturated rings. The molecule has 1 saturated heterocycles. The summed E-state index contributed by atoms with van der Waals surface area (Å²) in [6.07, 6.45) is 0. The number of aromatic nitrogens is 2. The van der Waals surface area contributed by atoms with Crippen LogP contribution in [-0.4, -0.2) is 58.0 Å². The van der Waals surface area contributed by atoms with Gasteiger partial charge in [-0.3, -0.25) is 19.6 Å². The first-order valence-corrected chi connectivity index (χ1v) is 6.68. The Labute approximate surface area is 122 Å². The lowest BCUT2D eigenvalue weighted by atomic mass is 10.1. The maximum Gasteiger partial charge on any atom is 0.325 e. The van der Waals surface area contributed by atoms with E-state index in [-0.39, 0.29) is 30.9 Å². The zero-order chi connectivity index (χ0) is 15.7. The van der Waals surface area contributed by atoms with Crippen LogP contribution in [0.4, 0.5) is 4.79 Å². The van der Waals surface area contributed by atoms with E-state index in [1.807, 2.05) is 20.8 Å². The molecule has 21 heavy (non-hydrogen) atoms. The number of aryl methyl sites for hydroxylation is 2. The topological polar surface area (TPSA) is 98.4 Å². The number of nitrogens with one attached hydrogen (secondary N) is 2. The average molecular weight is 293 g/mol. The maximum absolute atomic E-state index is 12.3. The van der Waals surface area contributed by atoms with Crippen LogP contribution in [0.1, 0.15) is 29.9 Å². The van der Waals surface area contributed by atoms with E-state index in [1.165, 1.54) is 4.90 Å². The number of amides is 4. The van der Waals surface area contributed by atoms with Crippen LogP contribution in [0.25, 0.3) is 0 Å². The fraction of sp³-hybridized carbons (Fsp3) is 0.538. The number of carbonyl (C=O) groups excluding carboxylic acids is 3. The van der Waals surface area contributed by atoms with E-state index in [1.54, 1.807) is 7.05 Å². The van der Waals surface area contributed by atoms with Crippen molar-refractivity contribution in [1.29, 1.82) is 0 Å². The number of urea groups is 1. The van der Waals surface area contributed by atoms with Gasteiger partial charge in [-0.15, -0.1) is 0 Å². The molecule has 1 aliphatic heterocycles. The van der Waals surface area contributed by atoms with E-state index in [2.05, 4.69) is 15.5 Å². The second-order valence-corrected chi connectivity index (χ2v) is 5.17. The van der Waals surface area contributed by atoms with Gasteiger partial charge >= 0.3 is 6.03 Å². The molecule has 114 valence electrons. The zero-order valence-corrected chi connectivity index (χ0v) is 12.6. The molecule has 0 aliphatic carbocycles. The van der Waals surface area contributed by atoms with Crippen molar-refractivity contribution in [3.63, 3.8) is 0 Å². The molecule has 8 nitrogen and oxygen atoms in total. The Balaban J connectivity index is 2.09. The maximum atomic E-state index is 12.3. The molecule has 2 rings (SSSR count). The van der Waals surface area contributed by atoms with Crippen LogP contribution in [0.3, 0.4) is 0 Å². The minimum absolute atomic E-state index is 0.0503. The number of likely N-dealkylation sites (N-methyl/N-ethyl adjacent to an activating group) is 1. The molecule has 2 N–H and O–H groups in total. The smallest absolute Gasteiger partial charge is 0.325 e. The Morgan fingerprint density at radius 1 is 1.43 bits per heavy atom. The summed E-state index contributed by atoms with van der Waals surface area (Å²) in [7, 11) is 1.65. The van der Waals surface area contributed by atoms with Gasteiger partial charge in [0.15, 0.2) is 0 Å². The molecular weight excluding hydrogens is 274 g/mol. The van der Waals surface area contributed by atoms with Crippen molar-refractivity contribution in [2.24, 2.45) is 0 Å². The number of H-pyrrole nitrogens is 1. The molecule has 0 radical (unpaired) electrons. The summed E-state index contributed by atoms with van der Waals surface area (Å²) in [6, 6.07) is -0.720. The fourth-order valence-electron chi connectivity index (χ4n) is 2.45. The standard InChI is InChI=1S/C13H19N5O3/c1-7-12(8(2)16-15-7)9(3)17(4)11(20)6-18-10(19)5-14-13(18)21/h9H,5-6H2,1-4H3,(H,14,21)(H,15,16). The number of aromatic amines is 1. The van der Waals surface area contributed by atoms with Gasteiger partial charge in [0.2, 0.25) is 5.91 Å². The van der Waals surface area contributed by atoms with Crippen molar-refractivity contribution in [2.45, 2.75) is 26.8 Å². The van der Waals surface area contributed by atoms with E-state index in [0.717, 1.165) is 21.9 Å². The Morgan fingerprint density at radius 2 is 2.10 bits per heavy atom. The molecule has 1 aromatic rings. The van der Waals surface area contributed by atoms with Gasteiger partial charge in [0.1, 0.15) is 6.54 Å². The van der Waals surface area contributed by atoms with Crippen molar-refractivity contribution in [1.82, 2.24) is 25.3 Å². The SMILES string of the molecule is Cc1n[nH]c(C)c1C(C)N(C)C(=O)CN1C(=O)CNC1=O. The van der Waals surface area contributed by atoms with Gasteiger partial charge < -0.3 is 10.2 Å². The Kier molecular flexibility index (Phi) is 3.97. The minimum atomic E-state index is -0.523. The van der Waals surface area contributed by atoms with E-state index in [9.17, 15) is 14.4 Å². The second-order valence-electron chi connectivity index (χ2n) is 5.17. The fourth-order valence-corrected chi connectivity index (χ4v) is 2.45. The number of hydrogen-bond acceptors (Lipinski definition) is 4. The number of nitrogens with zero attached hydrogens (tertiary/aromatic N) is 3. The molecule has 1 aromatic heterocycles. The summed E-state index contributed by atoms with van der Waals surface area (Å²) in [4.78, 5) is 37.7. The van der Waals surface area contributed by atoms with Crippen molar-refractivity contribution in [2.75, 3.05) is 20.1 Å². The van der Waals surface area contributed by atoms with Crippen LogP contribution in [0, 0.1) is 13.8 Å². The quantitative estimate of drug-likeness (QED) is 0.769.